The Balaban J connectivity index is 1.78. The normalized spacial score (nSPS) is 12.3. The Labute approximate surface area is 119 Å². The van der Waals surface area contributed by atoms with E-state index in [1.54, 1.807) is 0 Å². The first kappa shape index (κ1) is 14.5. The molecule has 0 aliphatic carbocycles. The summed E-state index contributed by atoms with van der Waals surface area (Å²) in [4.78, 5) is 4.36. The molecule has 20 heavy (non-hydrogen) atoms. The van der Waals surface area contributed by atoms with Gasteiger partial charge in [0.1, 0.15) is 5.75 Å². The van der Waals surface area contributed by atoms with Crippen LogP contribution in [0.1, 0.15) is 25.1 Å². The van der Waals surface area contributed by atoms with Crippen molar-refractivity contribution in [1.29, 1.82) is 0 Å². The molecule has 0 fully saturated rings. The van der Waals surface area contributed by atoms with Gasteiger partial charge in [-0.15, -0.1) is 0 Å². The molecule has 1 aromatic heterocycles. The van der Waals surface area contributed by atoms with E-state index in [4.69, 9.17) is 15.0 Å². The predicted octanol–water partition coefficient (Wildman–Crippen LogP) is 2.22. The van der Waals surface area contributed by atoms with Crippen molar-refractivity contribution in [3.8, 4) is 5.75 Å². The second kappa shape index (κ2) is 7.65. The molecule has 1 unspecified atom stereocenters. The largest absolute Gasteiger partial charge is 0.493 e. The summed E-state index contributed by atoms with van der Waals surface area (Å²) in [5, 5.41) is 3.96. The molecule has 0 radical (unpaired) electrons. The van der Waals surface area contributed by atoms with Gasteiger partial charge in [0.2, 0.25) is 5.89 Å². The zero-order valence-corrected chi connectivity index (χ0v) is 11.8. The van der Waals surface area contributed by atoms with Crippen LogP contribution in [0.25, 0.3) is 0 Å². The van der Waals surface area contributed by atoms with Crippen molar-refractivity contribution < 1.29 is 9.26 Å². The fourth-order valence-electron chi connectivity index (χ4n) is 1.89. The molecule has 0 aliphatic heterocycles. The molecule has 0 aliphatic rings. The Morgan fingerprint density at radius 3 is 2.80 bits per heavy atom. The standard InChI is InChI=1S/C15H21N3O2/c1-2-12(11-16)10-15-17-14(18-20-15)8-9-19-13-6-4-3-5-7-13/h3-7,12H,2,8-11,16H2,1H3. The highest BCUT2D eigenvalue weighted by Crippen LogP contribution is 2.11. The molecule has 5 nitrogen and oxygen atoms in total. The first-order valence-corrected chi connectivity index (χ1v) is 7.01. The van der Waals surface area contributed by atoms with Crippen LogP contribution in [0.3, 0.4) is 0 Å². The van der Waals surface area contributed by atoms with Crippen molar-refractivity contribution in [1.82, 2.24) is 10.1 Å². The lowest BCUT2D eigenvalue weighted by atomic mass is 10.0. The monoisotopic (exact) mass is 275 g/mol. The average Bonchev–Trinajstić information content (AvgIpc) is 2.93. The number of ether oxygens (including phenoxy) is 1. The molecular weight excluding hydrogens is 254 g/mol. The minimum atomic E-state index is 0.406. The van der Waals surface area contributed by atoms with Gasteiger partial charge in [-0.2, -0.15) is 4.98 Å². The number of hydrogen-bond donors (Lipinski definition) is 1. The fourth-order valence-corrected chi connectivity index (χ4v) is 1.89. The Morgan fingerprint density at radius 1 is 1.30 bits per heavy atom. The number of benzene rings is 1. The van der Waals surface area contributed by atoms with E-state index < -0.39 is 0 Å². The molecule has 0 saturated carbocycles. The second-order valence-corrected chi connectivity index (χ2v) is 4.73. The lowest BCUT2D eigenvalue weighted by Crippen LogP contribution is -2.16. The first-order chi connectivity index (χ1) is 9.81. The molecule has 1 heterocycles. The zero-order chi connectivity index (χ0) is 14.2. The van der Waals surface area contributed by atoms with Gasteiger partial charge in [0.15, 0.2) is 5.82 Å². The molecule has 5 heteroatoms. The molecule has 1 aromatic carbocycles. The van der Waals surface area contributed by atoms with Crippen LogP contribution >= 0.6 is 0 Å². The maximum Gasteiger partial charge on any atom is 0.226 e. The summed E-state index contributed by atoms with van der Waals surface area (Å²) in [5.74, 6) is 2.61. The molecular formula is C15H21N3O2. The summed E-state index contributed by atoms with van der Waals surface area (Å²) >= 11 is 0. The van der Waals surface area contributed by atoms with Crippen molar-refractivity contribution in [2.24, 2.45) is 11.7 Å². The van der Waals surface area contributed by atoms with Gasteiger partial charge in [0.05, 0.1) is 6.61 Å². The van der Waals surface area contributed by atoms with E-state index in [1.807, 2.05) is 30.3 Å². The van der Waals surface area contributed by atoms with E-state index in [0.717, 1.165) is 18.6 Å². The van der Waals surface area contributed by atoms with Gasteiger partial charge in [-0.25, -0.2) is 0 Å². The number of aromatic nitrogens is 2. The van der Waals surface area contributed by atoms with Gasteiger partial charge in [0.25, 0.3) is 0 Å². The minimum absolute atomic E-state index is 0.406. The van der Waals surface area contributed by atoms with Gasteiger partial charge in [0, 0.05) is 12.8 Å². The minimum Gasteiger partial charge on any atom is -0.493 e. The van der Waals surface area contributed by atoms with Crippen LogP contribution in [0, 0.1) is 5.92 Å². The summed E-state index contributed by atoms with van der Waals surface area (Å²) in [6, 6.07) is 9.70. The molecule has 0 bridgehead atoms. The van der Waals surface area contributed by atoms with Gasteiger partial charge in [-0.1, -0.05) is 36.7 Å². The number of para-hydroxylation sites is 1. The van der Waals surface area contributed by atoms with E-state index in [9.17, 15) is 0 Å². The maximum absolute atomic E-state index is 5.67. The molecule has 108 valence electrons. The average molecular weight is 275 g/mol. The van der Waals surface area contributed by atoms with Crippen LogP contribution in [-0.4, -0.2) is 23.3 Å². The smallest absolute Gasteiger partial charge is 0.226 e. The van der Waals surface area contributed by atoms with Crippen LogP contribution in [0.5, 0.6) is 5.75 Å². The van der Waals surface area contributed by atoms with Crippen molar-refractivity contribution in [2.45, 2.75) is 26.2 Å². The maximum atomic E-state index is 5.67. The zero-order valence-electron chi connectivity index (χ0n) is 11.8. The molecule has 0 amide bonds. The Hall–Kier alpha value is -1.88. The van der Waals surface area contributed by atoms with Gasteiger partial charge in [-0.3, -0.25) is 0 Å². The summed E-state index contributed by atoms with van der Waals surface area (Å²) in [6.07, 6.45) is 2.41. The summed E-state index contributed by atoms with van der Waals surface area (Å²) in [6.45, 7) is 3.30. The fraction of sp³-hybridized carbons (Fsp3) is 0.467. The van der Waals surface area contributed by atoms with Gasteiger partial charge in [-0.05, 0) is 24.6 Å². The van der Waals surface area contributed by atoms with Crippen molar-refractivity contribution in [3.63, 3.8) is 0 Å². The highest BCUT2D eigenvalue weighted by Gasteiger charge is 2.12. The molecule has 2 aromatic rings. The highest BCUT2D eigenvalue weighted by atomic mass is 16.5. The van der Waals surface area contributed by atoms with Crippen LogP contribution in [0.2, 0.25) is 0 Å². The van der Waals surface area contributed by atoms with Gasteiger partial charge < -0.3 is 15.0 Å². The van der Waals surface area contributed by atoms with E-state index in [0.29, 0.717) is 37.2 Å². The summed E-state index contributed by atoms with van der Waals surface area (Å²) in [5.41, 5.74) is 5.67. The third-order valence-corrected chi connectivity index (χ3v) is 3.22. The second-order valence-electron chi connectivity index (χ2n) is 4.73. The molecule has 1 atom stereocenters. The quantitative estimate of drug-likeness (QED) is 0.799. The number of nitrogens with two attached hydrogens (primary N) is 1. The van der Waals surface area contributed by atoms with Crippen molar-refractivity contribution in [3.05, 3.63) is 42.0 Å². The number of nitrogens with zero attached hydrogens (tertiary/aromatic N) is 2. The van der Waals surface area contributed by atoms with Crippen LogP contribution in [0.15, 0.2) is 34.9 Å². The predicted molar refractivity (Wildman–Crippen MR) is 76.5 cm³/mol. The SMILES string of the molecule is CCC(CN)Cc1nc(CCOc2ccccc2)no1. The molecule has 0 saturated heterocycles. The van der Waals surface area contributed by atoms with Crippen LogP contribution in [-0.2, 0) is 12.8 Å². The summed E-state index contributed by atoms with van der Waals surface area (Å²) in [7, 11) is 0. The summed E-state index contributed by atoms with van der Waals surface area (Å²) < 4.78 is 10.8. The van der Waals surface area contributed by atoms with E-state index in [-0.39, 0.29) is 0 Å². The van der Waals surface area contributed by atoms with Crippen LogP contribution in [0.4, 0.5) is 0 Å². The highest BCUT2D eigenvalue weighted by molar-refractivity contribution is 5.20. The first-order valence-electron chi connectivity index (χ1n) is 7.01. The van der Waals surface area contributed by atoms with E-state index in [1.165, 1.54) is 0 Å². The lowest BCUT2D eigenvalue weighted by molar-refractivity contribution is 0.312. The molecule has 0 spiro atoms. The topological polar surface area (TPSA) is 74.2 Å². The van der Waals surface area contributed by atoms with Gasteiger partial charge >= 0.3 is 0 Å². The number of rotatable bonds is 8. The Bertz CT molecular complexity index is 495. The third kappa shape index (κ3) is 4.35. The number of hydrogen-bond acceptors (Lipinski definition) is 5. The van der Waals surface area contributed by atoms with Crippen LogP contribution < -0.4 is 10.5 Å². The van der Waals surface area contributed by atoms with Crippen molar-refractivity contribution in [2.75, 3.05) is 13.2 Å². The third-order valence-electron chi connectivity index (χ3n) is 3.22. The lowest BCUT2D eigenvalue weighted by Gasteiger charge is -2.07. The molecule has 2 N–H and O–H groups in total. The Morgan fingerprint density at radius 2 is 2.10 bits per heavy atom. The van der Waals surface area contributed by atoms with E-state index >= 15 is 0 Å². The Kier molecular flexibility index (Phi) is 5.55. The van der Waals surface area contributed by atoms with E-state index in [2.05, 4.69) is 17.1 Å². The molecule has 2 rings (SSSR count). The van der Waals surface area contributed by atoms with Crippen molar-refractivity contribution >= 4 is 0 Å².